The summed E-state index contributed by atoms with van der Waals surface area (Å²) in [6.45, 7) is 14.4. The van der Waals surface area contributed by atoms with Crippen LogP contribution < -0.4 is 0 Å². The summed E-state index contributed by atoms with van der Waals surface area (Å²) in [6, 6.07) is 0. The maximum atomic E-state index is 13.2. The molecule has 3 N–H and O–H groups in total. The molecule has 0 saturated carbocycles. The van der Waals surface area contributed by atoms with Crippen LogP contribution >= 0.6 is 15.6 Å². The molecule has 0 heterocycles. The van der Waals surface area contributed by atoms with Crippen molar-refractivity contribution in [3.63, 3.8) is 0 Å². The van der Waals surface area contributed by atoms with E-state index in [0.29, 0.717) is 25.7 Å². The van der Waals surface area contributed by atoms with Crippen LogP contribution in [0.15, 0.2) is 0 Å². The number of hydrogen-bond acceptors (Lipinski definition) is 15. The summed E-state index contributed by atoms with van der Waals surface area (Å²) in [5.74, 6) is 1.07. The Morgan fingerprint density at radius 3 is 0.676 bits per heavy atom. The molecule has 0 aliphatic heterocycles. The van der Waals surface area contributed by atoms with Gasteiger partial charge >= 0.3 is 39.5 Å². The number of phosphoric ester groups is 2. The third kappa shape index (κ3) is 78.5. The maximum Gasteiger partial charge on any atom is 0.472 e. The summed E-state index contributed by atoms with van der Waals surface area (Å²) < 4.78 is 68.9. The van der Waals surface area contributed by atoms with Crippen molar-refractivity contribution in [2.24, 2.45) is 23.7 Å². The molecule has 0 aromatic carbocycles. The molecule has 19 heteroatoms. The molecule has 0 aromatic rings. The lowest BCUT2D eigenvalue weighted by atomic mass is 9.99. The van der Waals surface area contributed by atoms with E-state index in [-0.39, 0.29) is 25.7 Å². The van der Waals surface area contributed by atoms with Crippen molar-refractivity contribution in [2.75, 3.05) is 39.6 Å². The minimum absolute atomic E-state index is 0.106. The van der Waals surface area contributed by atoms with Gasteiger partial charge in [-0.15, -0.1) is 0 Å². The molecule has 0 radical (unpaired) electrons. The molecular formula is C86H168O17P2. The molecule has 6 atom stereocenters. The lowest BCUT2D eigenvalue weighted by Gasteiger charge is -2.21. The zero-order valence-electron chi connectivity index (χ0n) is 69.4. The number of hydrogen-bond donors (Lipinski definition) is 3. The first-order valence-electron chi connectivity index (χ1n) is 44.2. The van der Waals surface area contributed by atoms with Crippen LogP contribution in [0.3, 0.4) is 0 Å². The average molecular weight is 1540 g/mol. The highest BCUT2D eigenvalue weighted by atomic mass is 31.2. The van der Waals surface area contributed by atoms with Crippen LogP contribution in [0.5, 0.6) is 0 Å². The molecule has 0 aliphatic rings. The number of rotatable bonds is 83. The SMILES string of the molecule is CCC(C)CCCCCCCCCCC(=O)OC[C@H](COP(=O)(O)OC[C@H](O)COP(=O)(O)OC[C@@H](COC(=O)CCCCCCCCCCCCCCCCCCC(C)C)OC(=O)CCCCCCCCCCCCCCCCCCC(C)C)OC(=O)CCCCCCCCCCCCCCC(C)C. The third-order valence-corrected chi connectivity index (χ3v) is 22.3. The van der Waals surface area contributed by atoms with Gasteiger partial charge in [-0.05, 0) is 49.4 Å². The summed E-state index contributed by atoms with van der Waals surface area (Å²) in [5, 5.41) is 10.7. The van der Waals surface area contributed by atoms with Gasteiger partial charge in [0.2, 0.25) is 0 Å². The Labute approximate surface area is 645 Å². The Kier molecular flexibility index (Phi) is 73.4. The molecule has 0 amide bonds. The lowest BCUT2D eigenvalue weighted by molar-refractivity contribution is -0.161. The van der Waals surface area contributed by atoms with Crippen LogP contribution in [-0.2, 0) is 65.4 Å². The van der Waals surface area contributed by atoms with Gasteiger partial charge < -0.3 is 33.8 Å². The van der Waals surface area contributed by atoms with Crippen LogP contribution in [0.1, 0.15) is 447 Å². The minimum Gasteiger partial charge on any atom is -0.462 e. The van der Waals surface area contributed by atoms with E-state index in [4.69, 9.17) is 37.0 Å². The van der Waals surface area contributed by atoms with Crippen molar-refractivity contribution in [1.29, 1.82) is 0 Å². The van der Waals surface area contributed by atoms with Crippen molar-refractivity contribution in [2.45, 2.75) is 465 Å². The molecule has 0 aromatic heterocycles. The van der Waals surface area contributed by atoms with E-state index in [2.05, 4.69) is 55.4 Å². The number of phosphoric acid groups is 2. The normalized spacial score (nSPS) is 14.2. The van der Waals surface area contributed by atoms with Crippen LogP contribution in [0.2, 0.25) is 0 Å². The molecule has 0 bridgehead atoms. The van der Waals surface area contributed by atoms with Gasteiger partial charge in [0.1, 0.15) is 19.3 Å². The highest BCUT2D eigenvalue weighted by Crippen LogP contribution is 2.45. The van der Waals surface area contributed by atoms with Gasteiger partial charge in [0.05, 0.1) is 26.4 Å². The second kappa shape index (κ2) is 74.8. The molecule has 0 aliphatic carbocycles. The zero-order valence-corrected chi connectivity index (χ0v) is 71.2. The molecular weight excluding hydrogens is 1370 g/mol. The van der Waals surface area contributed by atoms with Crippen LogP contribution in [0.25, 0.3) is 0 Å². The Morgan fingerprint density at radius 1 is 0.267 bits per heavy atom. The van der Waals surface area contributed by atoms with Crippen molar-refractivity contribution < 1.29 is 80.2 Å². The van der Waals surface area contributed by atoms with Gasteiger partial charge in [-0.25, -0.2) is 9.13 Å². The Bertz CT molecular complexity index is 2040. The van der Waals surface area contributed by atoms with Gasteiger partial charge in [-0.2, -0.15) is 0 Å². The van der Waals surface area contributed by atoms with Crippen molar-refractivity contribution in [1.82, 2.24) is 0 Å². The van der Waals surface area contributed by atoms with E-state index < -0.39 is 97.5 Å². The van der Waals surface area contributed by atoms with E-state index in [0.717, 1.165) is 114 Å². The first-order valence-corrected chi connectivity index (χ1v) is 47.2. The van der Waals surface area contributed by atoms with Gasteiger partial charge in [-0.3, -0.25) is 37.3 Å². The predicted octanol–water partition coefficient (Wildman–Crippen LogP) is 25.9. The Balaban J connectivity index is 5.26. The number of carbonyl (C=O) groups is 4. The average Bonchev–Trinajstić information content (AvgIpc) is 0.906. The van der Waals surface area contributed by atoms with Crippen molar-refractivity contribution in [3.8, 4) is 0 Å². The largest absolute Gasteiger partial charge is 0.472 e. The van der Waals surface area contributed by atoms with E-state index in [1.165, 1.54) is 250 Å². The number of aliphatic hydroxyl groups is 1. The van der Waals surface area contributed by atoms with Gasteiger partial charge in [0, 0.05) is 25.7 Å². The number of aliphatic hydroxyl groups excluding tert-OH is 1. The van der Waals surface area contributed by atoms with E-state index in [9.17, 15) is 43.2 Å². The number of unbranched alkanes of at least 4 members (excludes halogenated alkanes) is 48. The van der Waals surface area contributed by atoms with Gasteiger partial charge in [-0.1, -0.05) is 396 Å². The molecule has 0 saturated heterocycles. The molecule has 0 rings (SSSR count). The first kappa shape index (κ1) is 103. The summed E-state index contributed by atoms with van der Waals surface area (Å²) >= 11 is 0. The monoisotopic (exact) mass is 1540 g/mol. The topological polar surface area (TPSA) is 237 Å². The molecule has 624 valence electrons. The molecule has 0 spiro atoms. The summed E-state index contributed by atoms with van der Waals surface area (Å²) in [4.78, 5) is 73.3. The van der Waals surface area contributed by atoms with Crippen LogP contribution in [-0.4, -0.2) is 96.7 Å². The standard InChI is InChI=1S/C86H168O17P2/c1-9-79(8)65-57-49-41-36-37-43-51-59-67-84(89)97-73-82(103-86(91)69-61-53-45-35-29-23-22-26-32-40-48-56-64-78(6)7)75-101-105(94,95)99-71-80(87)70-98-104(92,93)100-74-81(102-85(90)68-60-52-44-34-28-21-17-13-11-15-19-25-31-39-47-55-63-77(4)5)72-96-83(88)66-58-50-42-33-27-20-16-12-10-14-18-24-30-38-46-54-62-76(2)3/h76-82,87H,9-75H2,1-8H3,(H,92,93)(H,94,95)/t79?,80-,81-,82-/m1/s1. The summed E-state index contributed by atoms with van der Waals surface area (Å²) in [6.07, 6.45) is 63.8. The Morgan fingerprint density at radius 2 is 0.457 bits per heavy atom. The minimum atomic E-state index is -4.97. The second-order valence-corrected chi connectivity index (χ2v) is 35.5. The fourth-order valence-electron chi connectivity index (χ4n) is 13.3. The van der Waals surface area contributed by atoms with Crippen LogP contribution in [0.4, 0.5) is 0 Å². The van der Waals surface area contributed by atoms with Gasteiger partial charge in [0.15, 0.2) is 12.2 Å². The molecule has 0 fully saturated rings. The summed E-state index contributed by atoms with van der Waals surface area (Å²) in [5.41, 5.74) is 0. The first-order chi connectivity index (χ1) is 50.6. The van der Waals surface area contributed by atoms with E-state index >= 15 is 0 Å². The molecule has 3 unspecified atom stereocenters. The third-order valence-electron chi connectivity index (χ3n) is 20.4. The zero-order chi connectivity index (χ0) is 77.4. The fourth-order valence-corrected chi connectivity index (χ4v) is 14.9. The van der Waals surface area contributed by atoms with Crippen molar-refractivity contribution >= 4 is 39.5 Å². The highest BCUT2D eigenvalue weighted by Gasteiger charge is 2.31. The fraction of sp³-hybridized carbons (Fsp3) is 0.953. The Hall–Kier alpha value is -1.94. The highest BCUT2D eigenvalue weighted by molar-refractivity contribution is 7.47. The summed E-state index contributed by atoms with van der Waals surface area (Å²) in [7, 11) is -9.93. The van der Waals surface area contributed by atoms with E-state index in [1.54, 1.807) is 0 Å². The van der Waals surface area contributed by atoms with Gasteiger partial charge in [0.25, 0.3) is 0 Å². The second-order valence-electron chi connectivity index (χ2n) is 32.6. The predicted molar refractivity (Wildman–Crippen MR) is 432 cm³/mol. The quantitative estimate of drug-likeness (QED) is 0.0222. The number of carbonyl (C=O) groups excluding carboxylic acids is 4. The number of esters is 4. The van der Waals surface area contributed by atoms with Crippen LogP contribution in [0, 0.1) is 23.7 Å². The smallest absolute Gasteiger partial charge is 0.462 e. The molecule has 17 nitrogen and oxygen atoms in total. The maximum absolute atomic E-state index is 13.2. The van der Waals surface area contributed by atoms with Crippen molar-refractivity contribution in [3.05, 3.63) is 0 Å². The number of ether oxygens (including phenoxy) is 4. The lowest BCUT2D eigenvalue weighted by Crippen LogP contribution is -2.30. The molecule has 105 heavy (non-hydrogen) atoms. The van der Waals surface area contributed by atoms with E-state index in [1.807, 2.05) is 0 Å².